The molecule has 0 radical (unpaired) electrons. The van der Waals surface area contributed by atoms with Gasteiger partial charge in [-0.25, -0.2) is 0 Å². The maximum absolute atomic E-state index is 12.7. The monoisotopic (exact) mass is 500 g/mol. The summed E-state index contributed by atoms with van der Waals surface area (Å²) in [6.07, 6.45) is 1.78. The molecule has 1 aliphatic heterocycles. The number of amides is 2. The second-order valence-electron chi connectivity index (χ2n) is 7.58. The molecular weight excluding hydrogens is 472 g/mol. The fraction of sp³-hybridized carbons (Fsp3) is 0.320. The van der Waals surface area contributed by atoms with Gasteiger partial charge in [0.1, 0.15) is 10.1 Å². The zero-order valence-corrected chi connectivity index (χ0v) is 21.3. The predicted molar refractivity (Wildman–Crippen MR) is 139 cm³/mol. The summed E-state index contributed by atoms with van der Waals surface area (Å²) in [4.78, 5) is 27.2. The molecule has 2 aromatic carbocycles. The van der Waals surface area contributed by atoms with Crippen molar-refractivity contribution >= 4 is 51.9 Å². The van der Waals surface area contributed by atoms with E-state index in [0.717, 1.165) is 11.3 Å². The normalized spacial score (nSPS) is 14.6. The van der Waals surface area contributed by atoms with Gasteiger partial charge in [-0.05, 0) is 75.7 Å². The first-order chi connectivity index (χ1) is 16.3. The Balaban J connectivity index is 1.66. The average molecular weight is 501 g/mol. The van der Waals surface area contributed by atoms with Gasteiger partial charge in [0.15, 0.2) is 18.1 Å². The van der Waals surface area contributed by atoms with Crippen LogP contribution < -0.4 is 19.5 Å². The Morgan fingerprint density at radius 2 is 1.76 bits per heavy atom. The molecule has 7 nitrogen and oxygen atoms in total. The number of hydrogen-bond acceptors (Lipinski definition) is 7. The van der Waals surface area contributed by atoms with Crippen molar-refractivity contribution in [1.82, 2.24) is 4.90 Å². The summed E-state index contributed by atoms with van der Waals surface area (Å²) >= 11 is 6.62. The number of ether oxygens (including phenoxy) is 3. The summed E-state index contributed by atoms with van der Waals surface area (Å²) < 4.78 is 17.4. The molecule has 1 aliphatic rings. The molecule has 2 aromatic rings. The standard InChI is InChI=1S/C25H28N2O5S2/c1-5-30-19-10-8-18(9-11-19)26-23(28)15-32-20-12-7-17(13-21(20)31-6-2)14-22-24(29)27(16(3)4)25(33)34-22/h7-14,16H,5-6,15H2,1-4H3,(H,26,28)/b22-14-. The zero-order valence-electron chi connectivity index (χ0n) is 19.6. The van der Waals surface area contributed by atoms with E-state index >= 15 is 0 Å². The Bertz CT molecular complexity index is 1080. The van der Waals surface area contributed by atoms with E-state index in [1.807, 2.05) is 33.8 Å². The predicted octanol–water partition coefficient (Wildman–Crippen LogP) is 5.11. The lowest BCUT2D eigenvalue weighted by Crippen LogP contribution is -2.34. The van der Waals surface area contributed by atoms with Crippen molar-refractivity contribution in [3.8, 4) is 17.2 Å². The fourth-order valence-electron chi connectivity index (χ4n) is 3.22. The summed E-state index contributed by atoms with van der Waals surface area (Å²) in [5.74, 6) is 1.27. The quantitative estimate of drug-likeness (QED) is 0.359. The molecule has 0 bridgehead atoms. The van der Waals surface area contributed by atoms with Crippen LogP contribution in [0.4, 0.5) is 5.69 Å². The van der Waals surface area contributed by atoms with Gasteiger partial charge in [0, 0.05) is 11.7 Å². The number of benzene rings is 2. The van der Waals surface area contributed by atoms with Gasteiger partial charge in [-0.3, -0.25) is 14.5 Å². The number of carbonyl (C=O) groups is 2. The van der Waals surface area contributed by atoms with Crippen molar-refractivity contribution in [2.24, 2.45) is 0 Å². The van der Waals surface area contributed by atoms with Crippen LogP contribution in [-0.2, 0) is 9.59 Å². The molecule has 9 heteroatoms. The summed E-state index contributed by atoms with van der Waals surface area (Å²) in [6.45, 7) is 8.46. The zero-order chi connectivity index (χ0) is 24.7. The Morgan fingerprint density at radius 3 is 2.38 bits per heavy atom. The number of nitrogens with zero attached hydrogens (tertiary/aromatic N) is 1. The largest absolute Gasteiger partial charge is 0.494 e. The van der Waals surface area contributed by atoms with Crippen molar-refractivity contribution in [1.29, 1.82) is 0 Å². The minimum Gasteiger partial charge on any atom is -0.494 e. The van der Waals surface area contributed by atoms with Crippen molar-refractivity contribution in [3.63, 3.8) is 0 Å². The summed E-state index contributed by atoms with van der Waals surface area (Å²) in [5, 5.41) is 2.79. The third-order valence-electron chi connectivity index (χ3n) is 4.71. The topological polar surface area (TPSA) is 77.1 Å². The molecule has 1 saturated heterocycles. The molecule has 180 valence electrons. The molecule has 0 unspecified atom stereocenters. The molecule has 0 aliphatic carbocycles. The van der Waals surface area contributed by atoms with Crippen molar-refractivity contribution in [2.75, 3.05) is 25.1 Å². The minimum atomic E-state index is -0.298. The molecule has 1 N–H and O–H groups in total. The third kappa shape index (κ3) is 6.51. The highest BCUT2D eigenvalue weighted by Crippen LogP contribution is 2.35. The maximum atomic E-state index is 12.7. The van der Waals surface area contributed by atoms with Crippen molar-refractivity contribution < 1.29 is 23.8 Å². The maximum Gasteiger partial charge on any atom is 0.266 e. The van der Waals surface area contributed by atoms with Gasteiger partial charge in [0.2, 0.25) is 0 Å². The van der Waals surface area contributed by atoms with Gasteiger partial charge in [-0.15, -0.1) is 0 Å². The van der Waals surface area contributed by atoms with Gasteiger partial charge in [-0.1, -0.05) is 30.0 Å². The van der Waals surface area contributed by atoms with Gasteiger partial charge >= 0.3 is 0 Å². The summed E-state index contributed by atoms with van der Waals surface area (Å²) in [5.41, 5.74) is 1.43. The number of anilines is 1. The average Bonchev–Trinajstić information content (AvgIpc) is 3.07. The molecule has 34 heavy (non-hydrogen) atoms. The van der Waals surface area contributed by atoms with E-state index in [-0.39, 0.29) is 24.5 Å². The SMILES string of the molecule is CCOc1ccc(NC(=O)COc2ccc(/C=C3\SC(=S)N(C(C)C)C3=O)cc2OCC)cc1. The van der Waals surface area contributed by atoms with Crippen LogP contribution >= 0.6 is 24.0 Å². The molecule has 0 saturated carbocycles. The van der Waals surface area contributed by atoms with E-state index in [1.54, 1.807) is 47.4 Å². The highest BCUT2D eigenvalue weighted by molar-refractivity contribution is 8.26. The van der Waals surface area contributed by atoms with Crippen LogP contribution in [0.2, 0.25) is 0 Å². The van der Waals surface area contributed by atoms with Crippen molar-refractivity contribution in [2.45, 2.75) is 33.7 Å². The first kappa shape index (κ1) is 25.6. The number of nitrogens with one attached hydrogen (secondary N) is 1. The van der Waals surface area contributed by atoms with Gasteiger partial charge < -0.3 is 19.5 Å². The molecule has 0 spiro atoms. The van der Waals surface area contributed by atoms with Crippen LogP contribution in [0.15, 0.2) is 47.4 Å². The molecule has 0 aromatic heterocycles. The first-order valence-corrected chi connectivity index (χ1v) is 12.2. The third-order valence-corrected chi connectivity index (χ3v) is 6.04. The van der Waals surface area contributed by atoms with E-state index in [4.69, 9.17) is 26.4 Å². The smallest absolute Gasteiger partial charge is 0.266 e. The number of rotatable bonds is 10. The van der Waals surface area contributed by atoms with Gasteiger partial charge in [0.25, 0.3) is 11.8 Å². The Labute approximate surface area is 209 Å². The van der Waals surface area contributed by atoms with E-state index < -0.39 is 0 Å². The number of carbonyl (C=O) groups excluding carboxylic acids is 2. The minimum absolute atomic E-state index is 0.00178. The fourth-order valence-corrected chi connectivity index (χ4v) is 4.74. The first-order valence-electron chi connectivity index (χ1n) is 11.0. The van der Waals surface area contributed by atoms with E-state index in [0.29, 0.717) is 39.6 Å². The second kappa shape index (κ2) is 11.9. The number of hydrogen-bond donors (Lipinski definition) is 1. The summed E-state index contributed by atoms with van der Waals surface area (Å²) in [7, 11) is 0. The molecule has 3 rings (SSSR count). The Hall–Kier alpha value is -3.04. The lowest BCUT2D eigenvalue weighted by molar-refractivity contribution is -0.123. The van der Waals surface area contributed by atoms with E-state index in [2.05, 4.69) is 5.32 Å². The Morgan fingerprint density at radius 1 is 1.06 bits per heavy atom. The lowest BCUT2D eigenvalue weighted by Gasteiger charge is -2.18. The highest BCUT2D eigenvalue weighted by atomic mass is 32.2. The lowest BCUT2D eigenvalue weighted by atomic mass is 10.1. The number of thiocarbonyl (C=S) groups is 1. The molecule has 1 heterocycles. The van der Waals surface area contributed by atoms with Gasteiger partial charge in [-0.2, -0.15) is 0 Å². The molecule has 0 atom stereocenters. The summed E-state index contributed by atoms with van der Waals surface area (Å²) in [6, 6.07) is 12.4. The van der Waals surface area contributed by atoms with Crippen LogP contribution in [0.1, 0.15) is 33.3 Å². The molecule has 1 fully saturated rings. The second-order valence-corrected chi connectivity index (χ2v) is 9.25. The number of thioether (sulfide) groups is 1. The van der Waals surface area contributed by atoms with Gasteiger partial charge in [0.05, 0.1) is 18.1 Å². The van der Waals surface area contributed by atoms with E-state index in [9.17, 15) is 9.59 Å². The van der Waals surface area contributed by atoms with E-state index in [1.165, 1.54) is 11.8 Å². The molecular formula is C25H28N2O5S2. The van der Waals surface area contributed by atoms with Crippen LogP contribution in [-0.4, -0.2) is 46.9 Å². The van der Waals surface area contributed by atoms with Crippen LogP contribution in [0, 0.1) is 0 Å². The Kier molecular flexibility index (Phi) is 8.95. The highest BCUT2D eigenvalue weighted by Gasteiger charge is 2.33. The van der Waals surface area contributed by atoms with Crippen LogP contribution in [0.5, 0.6) is 17.2 Å². The molecule has 2 amide bonds. The van der Waals surface area contributed by atoms with Crippen molar-refractivity contribution in [3.05, 3.63) is 52.9 Å². The van der Waals surface area contributed by atoms with Crippen LogP contribution in [0.25, 0.3) is 6.08 Å². The van der Waals surface area contributed by atoms with Crippen LogP contribution in [0.3, 0.4) is 0 Å².